The highest BCUT2D eigenvalue weighted by molar-refractivity contribution is 7.99. The van der Waals surface area contributed by atoms with Gasteiger partial charge in [-0.2, -0.15) is 8.78 Å². The summed E-state index contributed by atoms with van der Waals surface area (Å²) in [6.07, 6.45) is 1.46. The van der Waals surface area contributed by atoms with Gasteiger partial charge in [0.05, 0.1) is 0 Å². The highest BCUT2D eigenvalue weighted by Crippen LogP contribution is 2.26. The summed E-state index contributed by atoms with van der Waals surface area (Å²) in [5, 5.41) is 5.86. The largest absolute Gasteiger partial charge is 0.374 e. The maximum absolute atomic E-state index is 12.3. The van der Waals surface area contributed by atoms with E-state index in [1.807, 2.05) is 24.3 Å². The van der Waals surface area contributed by atoms with E-state index in [9.17, 15) is 18.4 Å². The molecule has 3 rings (SSSR count). The lowest BCUT2D eigenvalue weighted by Gasteiger charge is -2.18. The van der Waals surface area contributed by atoms with Gasteiger partial charge in [0.25, 0.3) is 5.76 Å². The van der Waals surface area contributed by atoms with Gasteiger partial charge in [-0.05, 0) is 61.9 Å². The summed E-state index contributed by atoms with van der Waals surface area (Å²) in [6.45, 7) is 2.47. The molecule has 0 radical (unpaired) electrons. The van der Waals surface area contributed by atoms with Gasteiger partial charge in [-0.15, -0.1) is 0 Å². The first-order valence-corrected chi connectivity index (χ1v) is 9.83. The Labute approximate surface area is 166 Å². The van der Waals surface area contributed by atoms with Crippen molar-refractivity contribution in [3.8, 4) is 0 Å². The molecule has 1 atom stereocenters. The lowest BCUT2D eigenvalue weighted by atomic mass is 10.2. The zero-order valence-electron chi connectivity index (χ0n) is 15.3. The van der Waals surface area contributed by atoms with Crippen LogP contribution < -0.4 is 15.5 Å². The van der Waals surface area contributed by atoms with Crippen molar-refractivity contribution in [2.24, 2.45) is 0 Å². The number of alkyl halides is 2. The predicted octanol–water partition coefficient (Wildman–Crippen LogP) is 4.57. The number of amides is 2. The molecule has 0 saturated carbocycles. The molecule has 5 nitrogen and oxygen atoms in total. The van der Waals surface area contributed by atoms with Crippen LogP contribution in [0.4, 0.5) is 25.8 Å². The van der Waals surface area contributed by atoms with E-state index in [2.05, 4.69) is 10.6 Å². The topological polar surface area (TPSA) is 61.4 Å². The van der Waals surface area contributed by atoms with Gasteiger partial charge in [-0.25, -0.2) is 0 Å². The first-order chi connectivity index (χ1) is 13.4. The van der Waals surface area contributed by atoms with Gasteiger partial charge in [0.2, 0.25) is 11.8 Å². The monoisotopic (exact) mass is 405 g/mol. The SMILES string of the molecule is CC(Nc1ccc(N2CCCC2=O)cc1)C(=O)Nc1ccc(SC(F)F)cc1. The third-order valence-electron chi connectivity index (χ3n) is 4.38. The van der Waals surface area contributed by atoms with Gasteiger partial charge < -0.3 is 15.5 Å². The van der Waals surface area contributed by atoms with Gasteiger partial charge in [0, 0.05) is 34.9 Å². The highest BCUT2D eigenvalue weighted by atomic mass is 32.2. The number of rotatable bonds is 7. The van der Waals surface area contributed by atoms with Crippen molar-refractivity contribution in [2.45, 2.75) is 36.5 Å². The van der Waals surface area contributed by atoms with Crippen molar-refractivity contribution < 1.29 is 18.4 Å². The molecule has 1 heterocycles. The molecular weight excluding hydrogens is 384 g/mol. The molecule has 1 fully saturated rings. The number of hydrogen-bond donors (Lipinski definition) is 2. The molecule has 1 aliphatic heterocycles. The Balaban J connectivity index is 1.54. The molecular formula is C20H21F2N3O2S. The number of benzene rings is 2. The molecule has 2 amide bonds. The number of thioether (sulfide) groups is 1. The molecule has 28 heavy (non-hydrogen) atoms. The number of hydrogen-bond acceptors (Lipinski definition) is 4. The van der Waals surface area contributed by atoms with Crippen LogP contribution >= 0.6 is 11.8 Å². The van der Waals surface area contributed by atoms with E-state index in [4.69, 9.17) is 0 Å². The number of nitrogens with zero attached hydrogens (tertiary/aromatic N) is 1. The molecule has 148 valence electrons. The van der Waals surface area contributed by atoms with E-state index < -0.39 is 11.8 Å². The standard InChI is InChI=1S/C20H21F2N3O2S/c1-13(19(27)24-15-6-10-17(11-7-15)28-20(21)22)23-14-4-8-16(9-5-14)25-12-2-3-18(25)26/h4-11,13,20,23H,2-3,12H2,1H3,(H,24,27). The summed E-state index contributed by atoms with van der Waals surface area (Å²) in [5.74, 6) is -2.58. The molecule has 0 aromatic heterocycles. The quantitative estimate of drug-likeness (QED) is 0.663. The summed E-state index contributed by atoms with van der Waals surface area (Å²) in [6, 6.07) is 13.2. The fourth-order valence-corrected chi connectivity index (χ4v) is 3.44. The lowest BCUT2D eigenvalue weighted by Crippen LogP contribution is -2.31. The Kier molecular flexibility index (Phi) is 6.51. The van der Waals surface area contributed by atoms with Crippen molar-refractivity contribution in [1.29, 1.82) is 0 Å². The predicted molar refractivity (Wildman–Crippen MR) is 108 cm³/mol. The second-order valence-corrected chi connectivity index (χ2v) is 7.52. The fourth-order valence-electron chi connectivity index (χ4n) is 2.94. The molecule has 1 aliphatic rings. The Hall–Kier alpha value is -2.61. The minimum absolute atomic E-state index is 0.131. The summed E-state index contributed by atoms with van der Waals surface area (Å²) >= 11 is 0.461. The van der Waals surface area contributed by atoms with E-state index in [1.54, 1.807) is 36.1 Å². The van der Waals surface area contributed by atoms with Crippen LogP contribution in [0.25, 0.3) is 0 Å². The minimum Gasteiger partial charge on any atom is -0.374 e. The van der Waals surface area contributed by atoms with E-state index in [-0.39, 0.29) is 11.8 Å². The van der Waals surface area contributed by atoms with E-state index in [1.165, 1.54) is 0 Å². The van der Waals surface area contributed by atoms with Crippen LogP contribution in [0.5, 0.6) is 0 Å². The lowest BCUT2D eigenvalue weighted by molar-refractivity contribution is -0.117. The minimum atomic E-state index is -2.47. The highest BCUT2D eigenvalue weighted by Gasteiger charge is 2.21. The molecule has 2 N–H and O–H groups in total. The molecule has 0 spiro atoms. The third kappa shape index (κ3) is 5.22. The van der Waals surface area contributed by atoms with Crippen LogP contribution in [-0.2, 0) is 9.59 Å². The normalized spacial score (nSPS) is 15.0. The van der Waals surface area contributed by atoms with E-state index in [0.717, 1.165) is 24.3 Å². The summed E-state index contributed by atoms with van der Waals surface area (Å²) in [7, 11) is 0. The average Bonchev–Trinajstić information content (AvgIpc) is 3.09. The Morgan fingerprint density at radius 1 is 1.07 bits per heavy atom. The summed E-state index contributed by atoms with van der Waals surface area (Å²) in [5.41, 5.74) is 2.16. The maximum atomic E-state index is 12.3. The van der Waals surface area contributed by atoms with Crippen LogP contribution in [0.3, 0.4) is 0 Å². The van der Waals surface area contributed by atoms with Crippen molar-refractivity contribution in [2.75, 3.05) is 22.1 Å². The average molecular weight is 405 g/mol. The maximum Gasteiger partial charge on any atom is 0.288 e. The van der Waals surface area contributed by atoms with E-state index in [0.29, 0.717) is 28.8 Å². The second-order valence-electron chi connectivity index (χ2n) is 6.45. The molecule has 1 saturated heterocycles. The third-order valence-corrected chi connectivity index (χ3v) is 5.10. The Morgan fingerprint density at radius 3 is 2.29 bits per heavy atom. The van der Waals surface area contributed by atoms with Crippen LogP contribution in [0.2, 0.25) is 0 Å². The number of carbonyl (C=O) groups is 2. The van der Waals surface area contributed by atoms with Crippen molar-refractivity contribution in [1.82, 2.24) is 0 Å². The molecule has 2 aromatic carbocycles. The second kappa shape index (κ2) is 9.05. The van der Waals surface area contributed by atoms with Gasteiger partial charge in [0.15, 0.2) is 0 Å². The number of carbonyl (C=O) groups excluding carboxylic acids is 2. The Bertz CT molecular complexity index is 828. The first kappa shape index (κ1) is 20.1. The molecule has 2 aromatic rings. The van der Waals surface area contributed by atoms with Crippen LogP contribution in [0.15, 0.2) is 53.4 Å². The van der Waals surface area contributed by atoms with Crippen LogP contribution in [-0.4, -0.2) is 30.2 Å². The van der Waals surface area contributed by atoms with Crippen LogP contribution in [0.1, 0.15) is 19.8 Å². The first-order valence-electron chi connectivity index (χ1n) is 8.95. The fraction of sp³-hybridized carbons (Fsp3) is 0.300. The molecule has 8 heteroatoms. The molecule has 1 unspecified atom stereocenters. The van der Waals surface area contributed by atoms with Gasteiger partial charge in [-0.1, -0.05) is 11.8 Å². The number of halogens is 2. The zero-order valence-corrected chi connectivity index (χ0v) is 16.1. The number of nitrogens with one attached hydrogen (secondary N) is 2. The van der Waals surface area contributed by atoms with E-state index >= 15 is 0 Å². The molecule has 0 aliphatic carbocycles. The van der Waals surface area contributed by atoms with Gasteiger partial charge in [0.1, 0.15) is 6.04 Å². The zero-order chi connectivity index (χ0) is 20.1. The molecule has 0 bridgehead atoms. The van der Waals surface area contributed by atoms with Crippen LogP contribution in [0, 0.1) is 0 Å². The van der Waals surface area contributed by atoms with Crippen molar-refractivity contribution >= 4 is 40.6 Å². The van der Waals surface area contributed by atoms with Crippen molar-refractivity contribution in [3.05, 3.63) is 48.5 Å². The smallest absolute Gasteiger partial charge is 0.288 e. The van der Waals surface area contributed by atoms with Gasteiger partial charge in [-0.3, -0.25) is 9.59 Å². The number of anilines is 3. The summed E-state index contributed by atoms with van der Waals surface area (Å²) < 4.78 is 24.7. The Morgan fingerprint density at radius 2 is 1.71 bits per heavy atom. The summed E-state index contributed by atoms with van der Waals surface area (Å²) in [4.78, 5) is 26.3. The van der Waals surface area contributed by atoms with Gasteiger partial charge >= 0.3 is 0 Å². The van der Waals surface area contributed by atoms with Crippen molar-refractivity contribution in [3.63, 3.8) is 0 Å².